The molecule has 1 aliphatic rings. The van der Waals surface area contributed by atoms with Gasteiger partial charge in [-0.15, -0.1) is 5.10 Å². The summed E-state index contributed by atoms with van der Waals surface area (Å²) in [6, 6.07) is 3.90. The van der Waals surface area contributed by atoms with Crippen molar-refractivity contribution in [3.8, 4) is 0 Å². The molecule has 0 amide bonds. The number of imidazole rings is 1. The van der Waals surface area contributed by atoms with Crippen LogP contribution in [0.5, 0.6) is 0 Å². The first-order chi connectivity index (χ1) is 13.2. The van der Waals surface area contributed by atoms with Crippen molar-refractivity contribution >= 4 is 17.0 Å². The molecule has 3 heterocycles. The maximum Gasteiger partial charge on any atom is 0.154 e. The third-order valence-electron chi connectivity index (χ3n) is 4.71. The van der Waals surface area contributed by atoms with Gasteiger partial charge < -0.3 is 10.1 Å². The van der Waals surface area contributed by atoms with Crippen LogP contribution in [-0.4, -0.2) is 43.8 Å². The fraction of sp³-hybridized carbons (Fsp3) is 0.300. The minimum Gasteiger partial charge on any atom is -0.374 e. The maximum absolute atomic E-state index is 5.64. The Bertz CT molecular complexity index is 994. The summed E-state index contributed by atoms with van der Waals surface area (Å²) >= 11 is 0. The van der Waals surface area contributed by atoms with Gasteiger partial charge in [-0.25, -0.2) is 9.50 Å². The van der Waals surface area contributed by atoms with E-state index in [-0.39, 0.29) is 5.60 Å². The average Bonchev–Trinajstić information content (AvgIpc) is 3.12. The van der Waals surface area contributed by atoms with Gasteiger partial charge in [-0.3, -0.25) is 9.97 Å². The Morgan fingerprint density at radius 3 is 2.96 bits per heavy atom. The van der Waals surface area contributed by atoms with E-state index >= 15 is 0 Å². The normalized spacial score (nSPS) is 19.3. The van der Waals surface area contributed by atoms with Gasteiger partial charge in [0.15, 0.2) is 5.65 Å². The number of anilines is 1. The lowest BCUT2D eigenvalue weighted by Crippen LogP contribution is -2.25. The number of ether oxygens (including phenoxy) is 1. The van der Waals surface area contributed by atoms with E-state index < -0.39 is 0 Å². The molecule has 4 rings (SSSR count). The van der Waals surface area contributed by atoms with Crippen molar-refractivity contribution < 1.29 is 4.74 Å². The van der Waals surface area contributed by atoms with Crippen LogP contribution in [0.3, 0.4) is 0 Å². The molecule has 0 bridgehead atoms. The van der Waals surface area contributed by atoms with Gasteiger partial charge >= 0.3 is 0 Å². The maximum atomic E-state index is 5.64. The van der Waals surface area contributed by atoms with Crippen LogP contribution in [0, 0.1) is 0 Å². The van der Waals surface area contributed by atoms with Crippen molar-refractivity contribution in [1.82, 2.24) is 24.6 Å². The molecule has 3 aromatic heterocycles. The lowest BCUT2D eigenvalue weighted by atomic mass is 9.92. The van der Waals surface area contributed by atoms with E-state index in [2.05, 4.69) is 45.4 Å². The fourth-order valence-electron chi connectivity index (χ4n) is 3.10. The Balaban J connectivity index is 1.55. The average molecular weight is 362 g/mol. The summed E-state index contributed by atoms with van der Waals surface area (Å²) < 4.78 is 7.50. The van der Waals surface area contributed by atoms with Crippen LogP contribution < -0.4 is 5.32 Å². The van der Waals surface area contributed by atoms with Gasteiger partial charge in [0.2, 0.25) is 0 Å². The second-order valence-corrected chi connectivity index (χ2v) is 6.73. The molecule has 138 valence electrons. The van der Waals surface area contributed by atoms with Gasteiger partial charge in [0, 0.05) is 44.2 Å². The number of methoxy groups -OCH3 is 1. The Hall–Kier alpha value is -3.06. The smallest absolute Gasteiger partial charge is 0.154 e. The van der Waals surface area contributed by atoms with Crippen LogP contribution in [-0.2, 0) is 11.2 Å². The van der Waals surface area contributed by atoms with E-state index in [0.717, 1.165) is 47.8 Å². The van der Waals surface area contributed by atoms with Crippen molar-refractivity contribution in [3.05, 3.63) is 66.5 Å². The quantitative estimate of drug-likeness (QED) is 0.726. The van der Waals surface area contributed by atoms with E-state index in [4.69, 9.17) is 9.84 Å². The standard InChI is InChI=1S/C20H22N6O/c1-20(27-2)8-3-4-15(12-20)17-14-24-19-6-5-18(25-26(17)19)23-9-7-16-13-21-10-11-22-16/h3-6,10-14H,7-9H2,1-2H3,(H,23,25). The monoisotopic (exact) mass is 362 g/mol. The summed E-state index contributed by atoms with van der Waals surface area (Å²) in [4.78, 5) is 12.8. The third kappa shape index (κ3) is 3.73. The summed E-state index contributed by atoms with van der Waals surface area (Å²) in [5.41, 5.74) is 3.46. The van der Waals surface area contributed by atoms with Crippen LogP contribution in [0.25, 0.3) is 11.2 Å². The highest BCUT2D eigenvalue weighted by atomic mass is 16.5. The lowest BCUT2D eigenvalue weighted by Gasteiger charge is -2.26. The number of nitrogens with zero attached hydrogens (tertiary/aromatic N) is 5. The van der Waals surface area contributed by atoms with Crippen LogP contribution in [0.15, 0.2) is 55.1 Å². The molecule has 0 fully saturated rings. The zero-order valence-electron chi connectivity index (χ0n) is 15.5. The molecule has 0 radical (unpaired) electrons. The Labute approximate surface area is 157 Å². The molecular weight excluding hydrogens is 340 g/mol. The number of nitrogens with one attached hydrogen (secondary N) is 1. The highest BCUT2D eigenvalue weighted by Crippen LogP contribution is 2.29. The minimum atomic E-state index is -0.305. The van der Waals surface area contributed by atoms with Crippen LogP contribution in [0.2, 0.25) is 0 Å². The van der Waals surface area contributed by atoms with Crippen LogP contribution >= 0.6 is 0 Å². The summed E-state index contributed by atoms with van der Waals surface area (Å²) in [5.74, 6) is 0.792. The molecular formula is C20H22N6O. The molecule has 0 spiro atoms. The molecule has 0 aliphatic heterocycles. The molecule has 7 nitrogen and oxygen atoms in total. The highest BCUT2D eigenvalue weighted by molar-refractivity contribution is 5.75. The molecule has 1 unspecified atom stereocenters. The van der Waals surface area contributed by atoms with Crippen LogP contribution in [0.4, 0.5) is 5.82 Å². The van der Waals surface area contributed by atoms with E-state index in [9.17, 15) is 0 Å². The Morgan fingerprint density at radius 2 is 2.15 bits per heavy atom. The zero-order chi connectivity index (χ0) is 18.7. The molecule has 1 N–H and O–H groups in total. The van der Waals surface area contributed by atoms with Crippen molar-refractivity contribution in [2.75, 3.05) is 19.0 Å². The van der Waals surface area contributed by atoms with Gasteiger partial charge in [0.05, 0.1) is 23.2 Å². The van der Waals surface area contributed by atoms with Crippen molar-refractivity contribution in [1.29, 1.82) is 0 Å². The first-order valence-electron chi connectivity index (χ1n) is 8.95. The molecule has 3 aromatic rings. The first kappa shape index (κ1) is 17.4. The number of aromatic nitrogens is 5. The number of hydrogen-bond acceptors (Lipinski definition) is 6. The molecule has 1 aliphatic carbocycles. The van der Waals surface area contributed by atoms with Gasteiger partial charge in [-0.2, -0.15) is 0 Å². The van der Waals surface area contributed by atoms with Crippen LogP contribution in [0.1, 0.15) is 24.7 Å². The first-order valence-corrected chi connectivity index (χ1v) is 8.95. The second-order valence-electron chi connectivity index (χ2n) is 6.73. The molecule has 27 heavy (non-hydrogen) atoms. The van der Waals surface area contributed by atoms with Crippen molar-refractivity contribution in [3.63, 3.8) is 0 Å². The summed E-state index contributed by atoms with van der Waals surface area (Å²) in [6.45, 7) is 2.80. The Morgan fingerprint density at radius 1 is 1.22 bits per heavy atom. The van der Waals surface area contributed by atoms with Gasteiger partial charge in [0.25, 0.3) is 0 Å². The van der Waals surface area contributed by atoms with E-state index in [1.807, 2.05) is 22.8 Å². The topological polar surface area (TPSA) is 77.2 Å². The zero-order valence-corrected chi connectivity index (χ0v) is 15.5. The Kier molecular flexibility index (Phi) is 4.68. The lowest BCUT2D eigenvalue weighted by molar-refractivity contribution is 0.0511. The van der Waals surface area contributed by atoms with Gasteiger partial charge in [0.1, 0.15) is 5.82 Å². The predicted octanol–water partition coefficient (Wildman–Crippen LogP) is 2.92. The summed E-state index contributed by atoms with van der Waals surface area (Å²) in [6.07, 6.45) is 15.0. The largest absolute Gasteiger partial charge is 0.374 e. The van der Waals surface area contributed by atoms with Gasteiger partial charge in [-0.1, -0.05) is 12.2 Å². The van der Waals surface area contributed by atoms with E-state index in [1.165, 1.54) is 0 Å². The summed E-state index contributed by atoms with van der Waals surface area (Å²) in [5, 5.41) is 8.05. The number of rotatable bonds is 6. The number of allylic oxidation sites excluding steroid dienone is 2. The molecule has 7 heteroatoms. The number of fused-ring (bicyclic) bond motifs is 1. The summed E-state index contributed by atoms with van der Waals surface area (Å²) in [7, 11) is 1.74. The second kappa shape index (κ2) is 7.28. The minimum absolute atomic E-state index is 0.305. The third-order valence-corrected chi connectivity index (χ3v) is 4.71. The van der Waals surface area contributed by atoms with E-state index in [0.29, 0.717) is 0 Å². The predicted molar refractivity (Wildman–Crippen MR) is 104 cm³/mol. The fourth-order valence-corrected chi connectivity index (χ4v) is 3.10. The SMILES string of the molecule is COC1(C)C=C(c2cnc3ccc(NCCc4cnccn4)nn23)C=CC1. The van der Waals surface area contributed by atoms with Gasteiger partial charge in [-0.05, 0) is 31.6 Å². The molecule has 0 aromatic carbocycles. The molecule has 0 saturated heterocycles. The van der Waals surface area contributed by atoms with Crippen molar-refractivity contribution in [2.45, 2.75) is 25.4 Å². The highest BCUT2D eigenvalue weighted by Gasteiger charge is 2.24. The van der Waals surface area contributed by atoms with Crippen molar-refractivity contribution in [2.24, 2.45) is 0 Å². The number of hydrogen-bond donors (Lipinski definition) is 1. The van der Waals surface area contributed by atoms with E-state index in [1.54, 1.807) is 25.7 Å². The molecule has 0 saturated carbocycles. The molecule has 1 atom stereocenters.